The Morgan fingerprint density at radius 2 is 2.19 bits per heavy atom. The Kier molecular flexibility index (Phi) is 2.20. The van der Waals surface area contributed by atoms with Crippen molar-refractivity contribution in [1.29, 1.82) is 0 Å². The van der Waals surface area contributed by atoms with Crippen molar-refractivity contribution in [2.24, 2.45) is 5.84 Å². The van der Waals surface area contributed by atoms with Crippen LogP contribution in [-0.4, -0.2) is 11.8 Å². The van der Waals surface area contributed by atoms with Crippen LogP contribution in [0.4, 0.5) is 5.69 Å². The number of nitrogens with one attached hydrogen (secondary N) is 2. The number of anilines is 1. The summed E-state index contributed by atoms with van der Waals surface area (Å²) in [6.07, 6.45) is 0. The number of amides is 2. The van der Waals surface area contributed by atoms with Gasteiger partial charge in [0.25, 0.3) is 5.91 Å². The molecule has 0 aromatic heterocycles. The minimum absolute atomic E-state index is 0.347. The van der Waals surface area contributed by atoms with Crippen molar-refractivity contribution in [2.45, 2.75) is 19.3 Å². The summed E-state index contributed by atoms with van der Waals surface area (Å²) in [5.74, 6) is 4.28. The highest BCUT2D eigenvalue weighted by atomic mass is 16.2. The topological polar surface area (TPSA) is 84.2 Å². The molecule has 1 aliphatic rings. The standard InChI is InChI=1S/C11H13N3O2/c1-6-4-3-5-7-8(6)11(2,9(15)13-7)10(16)14-12/h3-5H,12H2,1-2H3,(H,13,15)(H,14,16). The summed E-state index contributed by atoms with van der Waals surface area (Å²) in [6.45, 7) is 3.44. The van der Waals surface area contributed by atoms with E-state index in [1.165, 1.54) is 0 Å². The van der Waals surface area contributed by atoms with Crippen LogP contribution in [-0.2, 0) is 15.0 Å². The predicted octanol–water partition coefficient (Wildman–Crippen LogP) is 0.195. The highest BCUT2D eigenvalue weighted by molar-refractivity contribution is 6.20. The van der Waals surface area contributed by atoms with Gasteiger partial charge in [0, 0.05) is 11.3 Å². The molecular formula is C11H13N3O2. The first-order valence-corrected chi connectivity index (χ1v) is 4.94. The van der Waals surface area contributed by atoms with Crippen molar-refractivity contribution in [3.8, 4) is 0 Å². The smallest absolute Gasteiger partial charge is 0.253 e. The lowest BCUT2D eigenvalue weighted by molar-refractivity contribution is -0.133. The van der Waals surface area contributed by atoms with Crippen LogP contribution in [0.1, 0.15) is 18.1 Å². The van der Waals surface area contributed by atoms with Gasteiger partial charge in [-0.05, 0) is 25.5 Å². The Morgan fingerprint density at radius 3 is 2.81 bits per heavy atom. The quantitative estimate of drug-likeness (QED) is 0.273. The predicted molar refractivity (Wildman–Crippen MR) is 59.5 cm³/mol. The van der Waals surface area contributed by atoms with Crippen LogP contribution in [0.2, 0.25) is 0 Å². The van der Waals surface area contributed by atoms with Crippen LogP contribution in [0.25, 0.3) is 0 Å². The number of carbonyl (C=O) groups excluding carboxylic acids is 2. The Bertz CT molecular complexity index is 474. The molecule has 0 fully saturated rings. The number of nitrogens with two attached hydrogens (primary N) is 1. The lowest BCUT2D eigenvalue weighted by Crippen LogP contribution is -2.49. The fourth-order valence-electron chi connectivity index (χ4n) is 2.16. The van der Waals surface area contributed by atoms with Crippen LogP contribution in [0, 0.1) is 6.92 Å². The second kappa shape index (κ2) is 3.31. The first kappa shape index (κ1) is 10.6. The Hall–Kier alpha value is -1.88. The SMILES string of the molecule is Cc1cccc2c1C(C)(C(=O)NN)C(=O)N2. The van der Waals surface area contributed by atoms with E-state index in [-0.39, 0.29) is 5.91 Å². The van der Waals surface area contributed by atoms with E-state index in [2.05, 4.69) is 5.32 Å². The highest BCUT2D eigenvalue weighted by Crippen LogP contribution is 2.39. The van der Waals surface area contributed by atoms with Crippen LogP contribution < -0.4 is 16.6 Å². The minimum Gasteiger partial charge on any atom is -0.325 e. The molecule has 1 atom stereocenters. The van der Waals surface area contributed by atoms with E-state index >= 15 is 0 Å². The maximum atomic E-state index is 11.9. The van der Waals surface area contributed by atoms with E-state index in [4.69, 9.17) is 5.84 Å². The molecular weight excluding hydrogens is 206 g/mol. The van der Waals surface area contributed by atoms with Crippen LogP contribution >= 0.6 is 0 Å². The van der Waals surface area contributed by atoms with E-state index in [0.29, 0.717) is 11.3 Å². The Labute approximate surface area is 93.0 Å². The molecule has 0 bridgehead atoms. The monoisotopic (exact) mass is 219 g/mol. The molecule has 1 aromatic carbocycles. The summed E-state index contributed by atoms with van der Waals surface area (Å²) in [6, 6.07) is 5.47. The Morgan fingerprint density at radius 1 is 1.50 bits per heavy atom. The second-order valence-electron chi connectivity index (χ2n) is 4.05. The van der Waals surface area contributed by atoms with Gasteiger partial charge in [-0.2, -0.15) is 0 Å². The molecule has 0 aliphatic carbocycles. The van der Waals surface area contributed by atoms with Gasteiger partial charge in [-0.15, -0.1) is 0 Å². The largest absolute Gasteiger partial charge is 0.325 e. The number of fused-ring (bicyclic) bond motifs is 1. The van der Waals surface area contributed by atoms with Gasteiger partial charge in [-0.1, -0.05) is 12.1 Å². The van der Waals surface area contributed by atoms with Crippen molar-refractivity contribution in [2.75, 3.05) is 5.32 Å². The summed E-state index contributed by atoms with van der Waals surface area (Å²) in [7, 11) is 0. The Balaban J connectivity index is 2.67. The van der Waals surface area contributed by atoms with Crippen molar-refractivity contribution in [3.63, 3.8) is 0 Å². The zero-order chi connectivity index (χ0) is 11.9. The van der Waals surface area contributed by atoms with Gasteiger partial charge in [0.05, 0.1) is 0 Å². The summed E-state index contributed by atoms with van der Waals surface area (Å²) < 4.78 is 0. The molecule has 5 heteroatoms. The first-order chi connectivity index (χ1) is 7.51. The lowest BCUT2D eigenvalue weighted by atomic mass is 9.80. The van der Waals surface area contributed by atoms with Gasteiger partial charge < -0.3 is 5.32 Å². The van der Waals surface area contributed by atoms with Gasteiger partial charge in [0.1, 0.15) is 0 Å². The number of benzene rings is 1. The van der Waals surface area contributed by atoms with Gasteiger partial charge in [-0.25, -0.2) is 5.84 Å². The fraction of sp³-hybridized carbons (Fsp3) is 0.273. The number of hydrogen-bond donors (Lipinski definition) is 3. The molecule has 1 heterocycles. The molecule has 1 aliphatic heterocycles. The van der Waals surface area contributed by atoms with E-state index in [9.17, 15) is 9.59 Å². The molecule has 0 spiro atoms. The number of carbonyl (C=O) groups is 2. The highest BCUT2D eigenvalue weighted by Gasteiger charge is 2.49. The third kappa shape index (κ3) is 1.15. The molecule has 0 saturated carbocycles. The summed E-state index contributed by atoms with van der Waals surface area (Å²) >= 11 is 0. The third-order valence-corrected chi connectivity index (χ3v) is 3.06. The maximum absolute atomic E-state index is 11.9. The molecule has 1 unspecified atom stereocenters. The van der Waals surface area contributed by atoms with Gasteiger partial charge in [0.2, 0.25) is 5.91 Å². The molecule has 2 amide bonds. The molecule has 0 radical (unpaired) electrons. The number of aryl methyl sites for hydroxylation is 1. The van der Waals surface area contributed by atoms with Gasteiger partial charge in [-0.3, -0.25) is 15.0 Å². The van der Waals surface area contributed by atoms with Crippen molar-refractivity contribution in [1.82, 2.24) is 5.43 Å². The summed E-state index contributed by atoms with van der Waals surface area (Å²) in [5.41, 5.74) is 3.07. The number of hydrazine groups is 1. The van der Waals surface area contributed by atoms with Gasteiger partial charge in [0.15, 0.2) is 5.41 Å². The lowest BCUT2D eigenvalue weighted by Gasteiger charge is -2.21. The molecule has 5 nitrogen and oxygen atoms in total. The van der Waals surface area contributed by atoms with E-state index in [1.54, 1.807) is 13.0 Å². The van der Waals surface area contributed by atoms with E-state index in [1.807, 2.05) is 24.5 Å². The summed E-state index contributed by atoms with van der Waals surface area (Å²) in [4.78, 5) is 23.6. The molecule has 4 N–H and O–H groups in total. The maximum Gasteiger partial charge on any atom is 0.253 e. The zero-order valence-corrected chi connectivity index (χ0v) is 9.13. The summed E-state index contributed by atoms with van der Waals surface area (Å²) in [5, 5.41) is 2.69. The normalized spacial score (nSPS) is 22.6. The molecule has 2 rings (SSSR count). The van der Waals surface area contributed by atoms with Crippen LogP contribution in [0.5, 0.6) is 0 Å². The number of rotatable bonds is 1. The number of hydrogen-bond acceptors (Lipinski definition) is 3. The molecule has 0 saturated heterocycles. The zero-order valence-electron chi connectivity index (χ0n) is 9.13. The van der Waals surface area contributed by atoms with Crippen LogP contribution in [0.15, 0.2) is 18.2 Å². The molecule has 84 valence electrons. The van der Waals surface area contributed by atoms with E-state index in [0.717, 1.165) is 5.56 Å². The molecule has 16 heavy (non-hydrogen) atoms. The van der Waals surface area contributed by atoms with Crippen LogP contribution in [0.3, 0.4) is 0 Å². The van der Waals surface area contributed by atoms with Crippen molar-refractivity contribution >= 4 is 17.5 Å². The third-order valence-electron chi connectivity index (χ3n) is 3.06. The van der Waals surface area contributed by atoms with Crippen molar-refractivity contribution < 1.29 is 9.59 Å². The van der Waals surface area contributed by atoms with E-state index < -0.39 is 11.3 Å². The van der Waals surface area contributed by atoms with Crippen molar-refractivity contribution in [3.05, 3.63) is 29.3 Å². The fourth-order valence-corrected chi connectivity index (χ4v) is 2.16. The first-order valence-electron chi connectivity index (χ1n) is 4.94. The van der Waals surface area contributed by atoms with Gasteiger partial charge >= 0.3 is 0 Å². The minimum atomic E-state index is -1.24. The molecule has 1 aromatic rings. The second-order valence-corrected chi connectivity index (χ2v) is 4.05. The average Bonchev–Trinajstić information content (AvgIpc) is 2.52. The average molecular weight is 219 g/mol.